The molecule has 1 aromatic rings. The van der Waals surface area contributed by atoms with Crippen molar-refractivity contribution in [2.24, 2.45) is 0 Å². The van der Waals surface area contributed by atoms with Crippen molar-refractivity contribution < 1.29 is 18.0 Å². The fourth-order valence-corrected chi connectivity index (χ4v) is 1.72. The van der Waals surface area contributed by atoms with Crippen LogP contribution in [0.3, 0.4) is 0 Å². The SMILES string of the molecule is O=C(CCc1ccccc1Br)NCC(F)(F)F. The van der Waals surface area contributed by atoms with Gasteiger partial charge in [-0.15, -0.1) is 0 Å². The minimum atomic E-state index is -4.36. The Kier molecular flexibility index (Phi) is 4.99. The molecule has 1 rings (SSSR count). The predicted octanol–water partition coefficient (Wildman–Crippen LogP) is 3.06. The Bertz CT molecular complexity index is 393. The van der Waals surface area contributed by atoms with Gasteiger partial charge in [-0.1, -0.05) is 34.1 Å². The van der Waals surface area contributed by atoms with Gasteiger partial charge in [-0.25, -0.2) is 0 Å². The van der Waals surface area contributed by atoms with E-state index in [2.05, 4.69) is 15.9 Å². The van der Waals surface area contributed by atoms with Crippen LogP contribution >= 0.6 is 15.9 Å². The molecule has 0 aliphatic carbocycles. The van der Waals surface area contributed by atoms with Gasteiger partial charge in [-0.05, 0) is 18.1 Å². The molecule has 0 aliphatic rings. The summed E-state index contributed by atoms with van der Waals surface area (Å²) in [7, 11) is 0. The lowest BCUT2D eigenvalue weighted by atomic mass is 10.1. The summed E-state index contributed by atoms with van der Waals surface area (Å²) in [5.41, 5.74) is 0.898. The lowest BCUT2D eigenvalue weighted by molar-refractivity contribution is -0.138. The van der Waals surface area contributed by atoms with Gasteiger partial charge in [0.25, 0.3) is 0 Å². The average molecular weight is 310 g/mol. The number of carbonyl (C=O) groups excluding carboxylic acids is 1. The molecule has 0 atom stereocenters. The van der Waals surface area contributed by atoms with E-state index in [1.54, 1.807) is 0 Å². The van der Waals surface area contributed by atoms with Crippen molar-refractivity contribution in [3.63, 3.8) is 0 Å². The summed E-state index contributed by atoms with van der Waals surface area (Å²) in [6.07, 6.45) is -3.91. The van der Waals surface area contributed by atoms with Crippen LogP contribution in [0.25, 0.3) is 0 Å². The van der Waals surface area contributed by atoms with E-state index < -0.39 is 18.6 Å². The predicted molar refractivity (Wildman–Crippen MR) is 61.5 cm³/mol. The van der Waals surface area contributed by atoms with Crippen molar-refractivity contribution in [2.75, 3.05) is 6.54 Å². The molecule has 17 heavy (non-hydrogen) atoms. The number of alkyl halides is 3. The van der Waals surface area contributed by atoms with E-state index in [0.29, 0.717) is 6.42 Å². The molecule has 0 aliphatic heterocycles. The Hall–Kier alpha value is -1.04. The first-order chi connectivity index (χ1) is 7.88. The van der Waals surface area contributed by atoms with Crippen LogP contribution in [-0.2, 0) is 11.2 Å². The molecule has 0 fully saturated rings. The molecule has 0 radical (unpaired) electrons. The van der Waals surface area contributed by atoms with Crippen LogP contribution in [0.1, 0.15) is 12.0 Å². The van der Waals surface area contributed by atoms with Gasteiger partial charge in [0.2, 0.25) is 5.91 Å². The van der Waals surface area contributed by atoms with Gasteiger partial charge in [-0.3, -0.25) is 4.79 Å². The molecule has 1 aromatic carbocycles. The minimum absolute atomic E-state index is 0.0404. The highest BCUT2D eigenvalue weighted by Crippen LogP contribution is 2.17. The van der Waals surface area contributed by atoms with Gasteiger partial charge < -0.3 is 5.32 Å². The van der Waals surface area contributed by atoms with Gasteiger partial charge in [0.05, 0.1) is 0 Å². The second kappa shape index (κ2) is 6.05. The van der Waals surface area contributed by atoms with Crippen molar-refractivity contribution in [1.29, 1.82) is 0 Å². The van der Waals surface area contributed by atoms with E-state index >= 15 is 0 Å². The number of nitrogens with one attached hydrogen (secondary N) is 1. The molecule has 0 aromatic heterocycles. The van der Waals surface area contributed by atoms with Crippen molar-refractivity contribution in [2.45, 2.75) is 19.0 Å². The number of rotatable bonds is 4. The lowest BCUT2D eigenvalue weighted by Crippen LogP contribution is -2.33. The normalized spacial score (nSPS) is 11.3. The highest BCUT2D eigenvalue weighted by Gasteiger charge is 2.27. The zero-order chi connectivity index (χ0) is 12.9. The number of carbonyl (C=O) groups is 1. The number of aryl methyl sites for hydroxylation is 1. The topological polar surface area (TPSA) is 29.1 Å². The number of hydrogen-bond donors (Lipinski definition) is 1. The molecule has 1 N–H and O–H groups in total. The summed E-state index contributed by atoms with van der Waals surface area (Å²) in [5.74, 6) is -0.599. The fourth-order valence-electron chi connectivity index (χ4n) is 1.24. The summed E-state index contributed by atoms with van der Waals surface area (Å²) >= 11 is 3.31. The maximum Gasteiger partial charge on any atom is 0.405 e. The monoisotopic (exact) mass is 309 g/mol. The van der Waals surface area contributed by atoms with E-state index in [4.69, 9.17) is 0 Å². The number of halogens is 4. The molecule has 0 saturated heterocycles. The first kappa shape index (κ1) is 14.0. The highest BCUT2D eigenvalue weighted by atomic mass is 79.9. The third kappa shape index (κ3) is 5.72. The van der Waals surface area contributed by atoms with Crippen LogP contribution in [0.4, 0.5) is 13.2 Å². The number of hydrogen-bond acceptors (Lipinski definition) is 1. The van der Waals surface area contributed by atoms with Gasteiger partial charge in [0.1, 0.15) is 6.54 Å². The first-order valence-corrected chi connectivity index (χ1v) is 5.74. The average Bonchev–Trinajstić information content (AvgIpc) is 2.24. The van der Waals surface area contributed by atoms with E-state index in [-0.39, 0.29) is 6.42 Å². The summed E-state index contributed by atoms with van der Waals surface area (Å²) in [5, 5.41) is 1.83. The van der Waals surface area contributed by atoms with Gasteiger partial charge in [0.15, 0.2) is 0 Å². The Balaban J connectivity index is 2.36. The second-order valence-electron chi connectivity index (χ2n) is 3.48. The lowest BCUT2D eigenvalue weighted by Gasteiger charge is -2.08. The maximum atomic E-state index is 11.8. The molecule has 6 heteroatoms. The van der Waals surface area contributed by atoms with Crippen molar-refractivity contribution in [1.82, 2.24) is 5.32 Å². The Morgan fingerprint density at radius 3 is 2.53 bits per heavy atom. The summed E-state index contributed by atoms with van der Waals surface area (Å²) in [6, 6.07) is 7.29. The maximum absolute atomic E-state index is 11.8. The minimum Gasteiger partial charge on any atom is -0.347 e. The van der Waals surface area contributed by atoms with Gasteiger partial charge in [0, 0.05) is 10.9 Å². The molecule has 2 nitrogen and oxygen atoms in total. The Morgan fingerprint density at radius 2 is 1.94 bits per heavy atom. The quantitative estimate of drug-likeness (QED) is 0.910. The Labute approximate surface area is 105 Å². The van der Waals surface area contributed by atoms with Gasteiger partial charge in [-0.2, -0.15) is 13.2 Å². The molecule has 94 valence electrons. The molecule has 1 amide bonds. The molecule has 0 unspecified atom stereocenters. The highest BCUT2D eigenvalue weighted by molar-refractivity contribution is 9.10. The van der Waals surface area contributed by atoms with Crippen molar-refractivity contribution in [3.8, 4) is 0 Å². The summed E-state index contributed by atoms with van der Waals surface area (Å²) < 4.78 is 36.3. The zero-order valence-corrected chi connectivity index (χ0v) is 10.4. The van der Waals surface area contributed by atoms with Gasteiger partial charge >= 0.3 is 6.18 Å². The van der Waals surface area contributed by atoms with E-state index in [9.17, 15) is 18.0 Å². The largest absolute Gasteiger partial charge is 0.405 e. The van der Waals surface area contributed by atoms with Crippen molar-refractivity contribution >= 4 is 21.8 Å². The summed E-state index contributed by atoms with van der Waals surface area (Å²) in [6.45, 7) is -1.28. The van der Waals surface area contributed by atoms with E-state index in [0.717, 1.165) is 10.0 Å². The number of amides is 1. The van der Waals surface area contributed by atoms with Crippen LogP contribution < -0.4 is 5.32 Å². The van der Waals surface area contributed by atoms with E-state index in [1.165, 1.54) is 0 Å². The van der Waals surface area contributed by atoms with Crippen LogP contribution in [-0.4, -0.2) is 18.6 Å². The zero-order valence-electron chi connectivity index (χ0n) is 8.85. The van der Waals surface area contributed by atoms with Crippen LogP contribution in [0.15, 0.2) is 28.7 Å². The Morgan fingerprint density at radius 1 is 1.29 bits per heavy atom. The first-order valence-electron chi connectivity index (χ1n) is 4.95. The molecule has 0 heterocycles. The smallest absolute Gasteiger partial charge is 0.347 e. The van der Waals surface area contributed by atoms with E-state index in [1.807, 2.05) is 29.6 Å². The molecule has 0 spiro atoms. The molecule has 0 bridgehead atoms. The molecular weight excluding hydrogens is 299 g/mol. The van der Waals surface area contributed by atoms with Crippen LogP contribution in [0.5, 0.6) is 0 Å². The summed E-state index contributed by atoms with van der Waals surface area (Å²) in [4.78, 5) is 11.1. The van der Waals surface area contributed by atoms with Crippen LogP contribution in [0.2, 0.25) is 0 Å². The molecule has 0 saturated carbocycles. The fraction of sp³-hybridized carbons (Fsp3) is 0.364. The molecular formula is C11H11BrF3NO. The standard InChI is InChI=1S/C11H11BrF3NO/c12-9-4-2-1-3-8(9)5-6-10(17)16-7-11(13,14)15/h1-4H,5-7H2,(H,16,17). The third-order valence-electron chi connectivity index (χ3n) is 2.07. The third-order valence-corrected chi connectivity index (χ3v) is 2.84. The van der Waals surface area contributed by atoms with Crippen LogP contribution in [0, 0.1) is 0 Å². The second-order valence-corrected chi connectivity index (χ2v) is 4.34. The number of benzene rings is 1. The van der Waals surface area contributed by atoms with Crippen molar-refractivity contribution in [3.05, 3.63) is 34.3 Å².